The number of halogens is 1. The zero-order valence-electron chi connectivity index (χ0n) is 9.84. The number of nitro groups is 1. The van der Waals surface area contributed by atoms with Crippen molar-refractivity contribution in [3.8, 4) is 0 Å². The molecule has 2 rings (SSSR count). The summed E-state index contributed by atoms with van der Waals surface area (Å²) in [6, 6.07) is 1.14. The molecule has 0 atom stereocenters. The average molecular weight is 331 g/mol. The SMILES string of the molecule is O=C(NN1CCOCC1)c1cc([N+](=O)[O-])ncc1Br. The van der Waals surface area contributed by atoms with E-state index in [2.05, 4.69) is 26.3 Å². The Morgan fingerprint density at radius 1 is 1.53 bits per heavy atom. The molecule has 1 fully saturated rings. The van der Waals surface area contributed by atoms with Crippen LogP contribution in [0.15, 0.2) is 16.7 Å². The summed E-state index contributed by atoms with van der Waals surface area (Å²) in [6.07, 6.45) is 1.24. The van der Waals surface area contributed by atoms with Crippen LogP contribution < -0.4 is 5.43 Å². The summed E-state index contributed by atoms with van der Waals surface area (Å²) in [5, 5.41) is 12.4. The third-order valence-corrected chi connectivity index (χ3v) is 3.18. The molecular formula is C10H11BrN4O4. The smallest absolute Gasteiger partial charge is 0.364 e. The lowest BCUT2D eigenvalue weighted by Gasteiger charge is -2.26. The van der Waals surface area contributed by atoms with Crippen LogP contribution in [0.4, 0.5) is 5.82 Å². The average Bonchev–Trinajstić information content (AvgIpc) is 2.40. The Kier molecular flexibility index (Phi) is 4.40. The second kappa shape index (κ2) is 6.04. The quantitative estimate of drug-likeness (QED) is 0.648. The first kappa shape index (κ1) is 13.8. The topological polar surface area (TPSA) is 97.6 Å². The first-order valence-electron chi connectivity index (χ1n) is 5.51. The summed E-state index contributed by atoms with van der Waals surface area (Å²) in [6.45, 7) is 2.24. The standard InChI is InChI=1S/C10H11BrN4O4/c11-8-6-12-9(15(17)18)5-7(8)10(16)13-14-1-3-19-4-2-14/h5-6H,1-4H2,(H,13,16). The van der Waals surface area contributed by atoms with Crippen molar-refractivity contribution >= 4 is 27.7 Å². The Hall–Kier alpha value is -1.58. The minimum atomic E-state index is -0.641. The Labute approximate surface area is 117 Å². The zero-order chi connectivity index (χ0) is 13.8. The molecule has 0 bridgehead atoms. The largest absolute Gasteiger partial charge is 0.379 e. The highest BCUT2D eigenvalue weighted by Crippen LogP contribution is 2.19. The number of hydrogen-bond acceptors (Lipinski definition) is 6. The normalized spacial score (nSPS) is 16.1. The lowest BCUT2D eigenvalue weighted by molar-refractivity contribution is -0.389. The van der Waals surface area contributed by atoms with Gasteiger partial charge in [0.2, 0.25) is 0 Å². The van der Waals surface area contributed by atoms with Gasteiger partial charge in [0.05, 0.1) is 23.2 Å². The lowest BCUT2D eigenvalue weighted by atomic mass is 10.2. The number of nitrogens with one attached hydrogen (secondary N) is 1. The maximum absolute atomic E-state index is 12.0. The van der Waals surface area contributed by atoms with Crippen LogP contribution in [0.5, 0.6) is 0 Å². The van der Waals surface area contributed by atoms with E-state index in [0.29, 0.717) is 30.8 Å². The van der Waals surface area contributed by atoms with Gasteiger partial charge >= 0.3 is 5.82 Å². The van der Waals surface area contributed by atoms with Crippen molar-refractivity contribution in [3.05, 3.63) is 32.4 Å². The van der Waals surface area contributed by atoms with Gasteiger partial charge in [-0.1, -0.05) is 0 Å². The second-order valence-corrected chi connectivity index (χ2v) is 4.67. The van der Waals surface area contributed by atoms with Crippen LogP contribution >= 0.6 is 15.9 Å². The molecular weight excluding hydrogens is 320 g/mol. The Bertz CT molecular complexity index is 504. The number of hydrogen-bond donors (Lipinski definition) is 1. The van der Waals surface area contributed by atoms with E-state index in [-0.39, 0.29) is 11.4 Å². The van der Waals surface area contributed by atoms with Crippen molar-refractivity contribution in [2.75, 3.05) is 26.3 Å². The van der Waals surface area contributed by atoms with Crippen molar-refractivity contribution < 1.29 is 14.5 Å². The van der Waals surface area contributed by atoms with Gasteiger partial charge in [0.15, 0.2) is 6.20 Å². The molecule has 1 amide bonds. The number of rotatable bonds is 3. The highest BCUT2D eigenvalue weighted by molar-refractivity contribution is 9.10. The molecule has 0 aliphatic carbocycles. The van der Waals surface area contributed by atoms with Crippen LogP contribution in [0.2, 0.25) is 0 Å². The summed E-state index contributed by atoms with van der Waals surface area (Å²) in [4.78, 5) is 25.6. The van der Waals surface area contributed by atoms with Crippen molar-refractivity contribution in [3.63, 3.8) is 0 Å². The number of pyridine rings is 1. The maximum atomic E-state index is 12.0. The van der Waals surface area contributed by atoms with Crippen LogP contribution in [0.1, 0.15) is 10.4 Å². The molecule has 0 spiro atoms. The van der Waals surface area contributed by atoms with E-state index in [0.717, 1.165) is 6.07 Å². The predicted octanol–water partition coefficient (Wildman–Crippen LogP) is 0.729. The molecule has 8 nitrogen and oxygen atoms in total. The fraction of sp³-hybridized carbons (Fsp3) is 0.400. The molecule has 0 radical (unpaired) electrons. The molecule has 2 heterocycles. The van der Waals surface area contributed by atoms with Gasteiger partial charge in [0.1, 0.15) is 0 Å². The molecule has 19 heavy (non-hydrogen) atoms. The third-order valence-electron chi connectivity index (χ3n) is 2.54. The number of carbonyl (C=O) groups is 1. The van der Waals surface area contributed by atoms with Gasteiger partial charge in [-0.05, 0) is 25.8 Å². The van der Waals surface area contributed by atoms with E-state index in [9.17, 15) is 14.9 Å². The van der Waals surface area contributed by atoms with Crippen LogP contribution in [-0.4, -0.2) is 47.1 Å². The Morgan fingerprint density at radius 2 is 2.21 bits per heavy atom. The minimum absolute atomic E-state index is 0.174. The van der Waals surface area contributed by atoms with Gasteiger partial charge in [-0.2, -0.15) is 0 Å². The highest BCUT2D eigenvalue weighted by Gasteiger charge is 2.20. The molecule has 0 unspecified atom stereocenters. The van der Waals surface area contributed by atoms with Crippen molar-refractivity contribution in [2.24, 2.45) is 0 Å². The summed E-state index contributed by atoms with van der Waals surface area (Å²) in [7, 11) is 0. The predicted molar refractivity (Wildman–Crippen MR) is 68.4 cm³/mol. The number of nitrogens with zero attached hydrogens (tertiary/aromatic N) is 3. The van der Waals surface area contributed by atoms with Gasteiger partial charge in [0, 0.05) is 19.2 Å². The van der Waals surface area contributed by atoms with E-state index >= 15 is 0 Å². The zero-order valence-corrected chi connectivity index (χ0v) is 11.4. The molecule has 9 heteroatoms. The van der Waals surface area contributed by atoms with Crippen LogP contribution in [0.3, 0.4) is 0 Å². The number of aromatic nitrogens is 1. The fourth-order valence-corrected chi connectivity index (χ4v) is 1.98. The van der Waals surface area contributed by atoms with Crippen LogP contribution in [0.25, 0.3) is 0 Å². The number of ether oxygens (including phenoxy) is 1. The molecule has 1 aromatic rings. The van der Waals surface area contributed by atoms with Crippen molar-refractivity contribution in [1.82, 2.24) is 15.4 Å². The molecule has 1 aromatic heterocycles. The molecule has 102 valence electrons. The van der Waals surface area contributed by atoms with E-state index in [1.807, 2.05) is 0 Å². The molecule has 1 N–H and O–H groups in total. The summed E-state index contributed by atoms with van der Waals surface area (Å²) in [5.41, 5.74) is 2.85. The monoisotopic (exact) mass is 330 g/mol. The van der Waals surface area contributed by atoms with Gasteiger partial charge < -0.3 is 14.9 Å². The molecule has 0 aromatic carbocycles. The molecule has 1 aliphatic heterocycles. The van der Waals surface area contributed by atoms with Crippen molar-refractivity contribution in [2.45, 2.75) is 0 Å². The Morgan fingerprint density at radius 3 is 2.84 bits per heavy atom. The minimum Gasteiger partial charge on any atom is -0.379 e. The summed E-state index contributed by atoms with van der Waals surface area (Å²) in [5.74, 6) is -0.783. The number of amides is 1. The molecule has 1 aliphatic rings. The van der Waals surface area contributed by atoms with Crippen LogP contribution in [-0.2, 0) is 4.74 Å². The maximum Gasteiger partial charge on any atom is 0.364 e. The molecule has 0 saturated carbocycles. The van der Waals surface area contributed by atoms with Crippen LogP contribution in [0, 0.1) is 10.1 Å². The first-order valence-corrected chi connectivity index (χ1v) is 6.31. The Balaban J connectivity index is 2.13. The number of hydrazine groups is 1. The molecule has 1 saturated heterocycles. The van der Waals surface area contributed by atoms with Gasteiger partial charge in [-0.25, -0.2) is 5.01 Å². The van der Waals surface area contributed by atoms with Gasteiger partial charge in [-0.15, -0.1) is 0 Å². The summed E-state index contributed by atoms with van der Waals surface area (Å²) < 4.78 is 5.57. The van der Waals surface area contributed by atoms with E-state index in [1.54, 1.807) is 5.01 Å². The second-order valence-electron chi connectivity index (χ2n) is 3.82. The number of carbonyl (C=O) groups excluding carboxylic acids is 1. The van der Waals surface area contributed by atoms with E-state index in [1.165, 1.54) is 6.20 Å². The highest BCUT2D eigenvalue weighted by atomic mass is 79.9. The summed E-state index contributed by atoms with van der Waals surface area (Å²) >= 11 is 3.16. The van der Waals surface area contributed by atoms with E-state index < -0.39 is 10.8 Å². The van der Waals surface area contributed by atoms with E-state index in [4.69, 9.17) is 4.74 Å². The third kappa shape index (κ3) is 3.46. The lowest BCUT2D eigenvalue weighted by Crippen LogP contribution is -2.48. The van der Waals surface area contributed by atoms with Crippen molar-refractivity contribution in [1.29, 1.82) is 0 Å². The van der Waals surface area contributed by atoms with Gasteiger partial charge in [0.25, 0.3) is 5.91 Å². The number of morpholine rings is 1. The fourth-order valence-electron chi connectivity index (χ4n) is 1.58. The first-order chi connectivity index (χ1) is 9.08. The van der Waals surface area contributed by atoms with Gasteiger partial charge in [-0.3, -0.25) is 10.2 Å².